The maximum absolute atomic E-state index is 11.4. The highest BCUT2D eigenvalue weighted by Crippen LogP contribution is 2.43. The number of hydrogen-bond acceptors (Lipinski definition) is 4. The summed E-state index contributed by atoms with van der Waals surface area (Å²) in [7, 11) is -0.127. The molecule has 0 aromatic heterocycles. The van der Waals surface area contributed by atoms with Gasteiger partial charge in [0.05, 0.1) is 19.8 Å². The van der Waals surface area contributed by atoms with Gasteiger partial charge in [0.2, 0.25) is 0 Å². The Morgan fingerprint density at radius 1 is 1.06 bits per heavy atom. The van der Waals surface area contributed by atoms with Crippen LogP contribution in [0.1, 0.15) is 59.9 Å². The molecule has 4 nitrogen and oxygen atoms in total. The van der Waals surface area contributed by atoms with Crippen molar-refractivity contribution in [2.45, 2.75) is 85.2 Å². The Hall–Kier alpha value is -1.43. The second kappa shape index (κ2) is 10.7. The third-order valence-corrected chi connectivity index (χ3v) is 11.7. The van der Waals surface area contributed by atoms with Gasteiger partial charge in [0.25, 0.3) is 0 Å². The van der Waals surface area contributed by atoms with Crippen molar-refractivity contribution < 1.29 is 18.7 Å². The lowest BCUT2D eigenvalue weighted by atomic mass is 9.81. The van der Waals surface area contributed by atoms with Crippen LogP contribution in [0.25, 0.3) is 0 Å². The Morgan fingerprint density at radius 3 is 2.22 bits per heavy atom. The first-order valence-corrected chi connectivity index (χ1v) is 14.7. The molecule has 1 aliphatic rings. The molecule has 3 atom stereocenters. The first-order chi connectivity index (χ1) is 14.8. The van der Waals surface area contributed by atoms with Crippen LogP contribution in [-0.4, -0.2) is 34.4 Å². The molecule has 0 unspecified atom stereocenters. The van der Waals surface area contributed by atoms with Crippen molar-refractivity contribution in [1.29, 1.82) is 0 Å². The summed E-state index contributed by atoms with van der Waals surface area (Å²) in [5, 5.41) is 0.200. The van der Waals surface area contributed by atoms with E-state index >= 15 is 0 Å². The summed E-state index contributed by atoms with van der Waals surface area (Å²) in [6.07, 6.45) is 4.85. The standard InChI is InChI=1S/C27H44O4Si/c1-20-16-22(17-27(5,6)19-31-32(8,9)26(2,3)4)25(24(20)14-15-28)30-18-21-10-12-23(29-7)13-11-21/h10-13,15-16,22,24-25H,14,17-19H2,1-9H3/t22-,24+,25+/m1/s1. The SMILES string of the molecule is COc1ccc(CO[C@H]2[C@@H](CC(C)(C)CO[Si](C)(C)C(C)(C)C)C=C(C)[C@@H]2CC=O)cc1. The van der Waals surface area contributed by atoms with Crippen molar-refractivity contribution in [2.75, 3.05) is 13.7 Å². The lowest BCUT2D eigenvalue weighted by molar-refractivity contribution is -0.110. The molecule has 0 heterocycles. The van der Waals surface area contributed by atoms with Crippen molar-refractivity contribution >= 4 is 14.6 Å². The van der Waals surface area contributed by atoms with Gasteiger partial charge >= 0.3 is 0 Å². The summed E-state index contributed by atoms with van der Waals surface area (Å²) in [5.41, 5.74) is 2.40. The number of aldehydes is 1. The maximum Gasteiger partial charge on any atom is 0.192 e. The van der Waals surface area contributed by atoms with Crippen molar-refractivity contribution in [1.82, 2.24) is 0 Å². The number of rotatable bonds is 11. The van der Waals surface area contributed by atoms with Crippen LogP contribution in [0, 0.1) is 17.3 Å². The Labute approximate surface area is 196 Å². The molecule has 0 amide bonds. The van der Waals surface area contributed by atoms with E-state index in [1.54, 1.807) is 7.11 Å². The summed E-state index contributed by atoms with van der Waals surface area (Å²) in [5.74, 6) is 1.26. The normalized spacial score (nSPS) is 22.0. The zero-order valence-electron chi connectivity index (χ0n) is 21.7. The maximum atomic E-state index is 11.4. The van der Waals surface area contributed by atoms with E-state index in [-0.39, 0.29) is 28.4 Å². The molecule has 0 bridgehead atoms. The molecule has 180 valence electrons. The van der Waals surface area contributed by atoms with Crippen LogP contribution < -0.4 is 4.74 Å². The molecule has 1 aliphatic carbocycles. The molecule has 0 aliphatic heterocycles. The zero-order chi connectivity index (χ0) is 24.2. The second-order valence-electron chi connectivity index (χ2n) is 11.6. The van der Waals surface area contributed by atoms with Gasteiger partial charge < -0.3 is 18.7 Å². The van der Waals surface area contributed by atoms with Crippen LogP contribution in [-0.2, 0) is 20.6 Å². The van der Waals surface area contributed by atoms with E-state index in [0.29, 0.717) is 13.0 Å². The van der Waals surface area contributed by atoms with Crippen LogP contribution in [0.3, 0.4) is 0 Å². The Balaban J connectivity index is 2.09. The molecule has 32 heavy (non-hydrogen) atoms. The van der Waals surface area contributed by atoms with Gasteiger partial charge in [-0.15, -0.1) is 0 Å². The molecule has 0 fully saturated rings. The number of methoxy groups -OCH3 is 1. The van der Waals surface area contributed by atoms with Crippen LogP contribution in [0.2, 0.25) is 18.1 Å². The molecular weight excluding hydrogens is 416 g/mol. The van der Waals surface area contributed by atoms with Gasteiger partial charge in [0, 0.05) is 24.9 Å². The molecule has 0 spiro atoms. The number of ether oxygens (including phenoxy) is 2. The molecule has 5 heteroatoms. The minimum atomic E-state index is -1.80. The minimum Gasteiger partial charge on any atom is -0.497 e. The largest absolute Gasteiger partial charge is 0.497 e. The number of benzene rings is 1. The molecule has 0 saturated carbocycles. The average Bonchev–Trinajstić information content (AvgIpc) is 2.98. The molecule has 0 saturated heterocycles. The average molecular weight is 461 g/mol. The number of carbonyl (C=O) groups excluding carboxylic acids is 1. The fourth-order valence-corrected chi connectivity index (χ4v) is 5.34. The van der Waals surface area contributed by atoms with E-state index in [0.717, 1.165) is 30.6 Å². The quantitative estimate of drug-likeness (QED) is 0.207. The Kier molecular flexibility index (Phi) is 8.94. The van der Waals surface area contributed by atoms with Gasteiger partial charge in [-0.25, -0.2) is 0 Å². The third kappa shape index (κ3) is 7.03. The highest BCUT2D eigenvalue weighted by atomic mass is 28.4. The van der Waals surface area contributed by atoms with E-state index in [1.807, 2.05) is 24.3 Å². The topological polar surface area (TPSA) is 44.8 Å². The predicted octanol–water partition coefficient (Wildman–Crippen LogP) is 6.80. The van der Waals surface area contributed by atoms with Gasteiger partial charge in [-0.05, 0) is 54.6 Å². The summed E-state index contributed by atoms with van der Waals surface area (Å²) >= 11 is 0. The minimum absolute atomic E-state index is 0.00875. The van der Waals surface area contributed by atoms with E-state index in [9.17, 15) is 4.79 Å². The summed E-state index contributed by atoms with van der Waals surface area (Å²) in [4.78, 5) is 11.4. The fourth-order valence-electron chi connectivity index (χ4n) is 4.16. The fraction of sp³-hybridized carbons (Fsp3) is 0.667. The zero-order valence-corrected chi connectivity index (χ0v) is 22.7. The van der Waals surface area contributed by atoms with E-state index < -0.39 is 8.32 Å². The molecular formula is C27H44O4Si. The molecule has 0 radical (unpaired) electrons. The van der Waals surface area contributed by atoms with E-state index in [1.165, 1.54) is 5.57 Å². The third-order valence-electron chi connectivity index (χ3n) is 7.25. The van der Waals surface area contributed by atoms with Gasteiger partial charge in [-0.3, -0.25) is 0 Å². The first-order valence-electron chi connectivity index (χ1n) is 11.8. The molecule has 1 aromatic rings. The summed E-state index contributed by atoms with van der Waals surface area (Å²) < 4.78 is 18.3. The van der Waals surface area contributed by atoms with Gasteiger partial charge in [-0.2, -0.15) is 0 Å². The summed E-state index contributed by atoms with van der Waals surface area (Å²) in [6, 6.07) is 7.99. The van der Waals surface area contributed by atoms with Crippen LogP contribution in [0.15, 0.2) is 35.9 Å². The van der Waals surface area contributed by atoms with Crippen molar-refractivity contribution in [3.63, 3.8) is 0 Å². The second-order valence-corrected chi connectivity index (χ2v) is 16.4. The molecule has 0 N–H and O–H groups in total. The van der Waals surface area contributed by atoms with Crippen molar-refractivity contribution in [2.24, 2.45) is 17.3 Å². The van der Waals surface area contributed by atoms with Gasteiger partial charge in [0.15, 0.2) is 8.32 Å². The number of hydrogen-bond donors (Lipinski definition) is 0. The van der Waals surface area contributed by atoms with E-state index in [2.05, 4.69) is 60.7 Å². The van der Waals surface area contributed by atoms with Crippen molar-refractivity contribution in [3.05, 3.63) is 41.5 Å². The first kappa shape index (κ1) is 26.8. The lowest BCUT2D eigenvalue weighted by Gasteiger charge is -2.40. The number of carbonyl (C=O) groups is 1. The molecule has 1 aromatic carbocycles. The predicted molar refractivity (Wildman–Crippen MR) is 135 cm³/mol. The highest BCUT2D eigenvalue weighted by Gasteiger charge is 2.41. The lowest BCUT2D eigenvalue weighted by Crippen LogP contribution is -2.43. The summed E-state index contributed by atoms with van der Waals surface area (Å²) in [6.45, 7) is 19.4. The Bertz CT molecular complexity index is 774. The molecule has 2 rings (SSSR count). The van der Waals surface area contributed by atoms with E-state index in [4.69, 9.17) is 13.9 Å². The van der Waals surface area contributed by atoms with Gasteiger partial charge in [0.1, 0.15) is 12.0 Å². The highest BCUT2D eigenvalue weighted by molar-refractivity contribution is 6.74. The monoisotopic (exact) mass is 460 g/mol. The van der Waals surface area contributed by atoms with Gasteiger partial charge in [-0.1, -0.05) is 58.4 Å². The smallest absolute Gasteiger partial charge is 0.192 e. The van der Waals surface area contributed by atoms with Crippen LogP contribution >= 0.6 is 0 Å². The van der Waals surface area contributed by atoms with Crippen LogP contribution in [0.5, 0.6) is 5.75 Å². The Morgan fingerprint density at radius 2 is 1.69 bits per heavy atom. The van der Waals surface area contributed by atoms with Crippen molar-refractivity contribution in [3.8, 4) is 5.75 Å². The van der Waals surface area contributed by atoms with Crippen LogP contribution in [0.4, 0.5) is 0 Å².